The molecule has 0 fully saturated rings. The number of benzene rings is 12. The summed E-state index contributed by atoms with van der Waals surface area (Å²) in [6.07, 6.45) is -3.18. The first kappa shape index (κ1) is 105. The van der Waals surface area contributed by atoms with Crippen molar-refractivity contribution in [1.82, 2.24) is 31.9 Å². The molecule has 0 aliphatic rings. The van der Waals surface area contributed by atoms with Crippen LogP contribution in [0.5, 0.6) is 69.0 Å². The minimum Gasteiger partial charge on any atom is -0.488 e. The van der Waals surface area contributed by atoms with Crippen molar-refractivity contribution in [3.63, 3.8) is 0 Å². The van der Waals surface area contributed by atoms with Gasteiger partial charge in [-0.15, -0.1) is 0 Å². The average molecular weight is 1980 g/mol. The van der Waals surface area contributed by atoms with Crippen molar-refractivity contribution in [1.29, 1.82) is 0 Å². The molecule has 0 heterocycles. The highest BCUT2D eigenvalue weighted by atomic mass is 127. The summed E-state index contributed by atoms with van der Waals surface area (Å²) >= 11 is 11.9. The Morgan fingerprint density at radius 3 is 0.901 bits per heavy atom. The molecule has 690 valence electrons. The second-order valence-corrected chi connectivity index (χ2v) is 32.1. The molecule has 12 rings (SSSR count). The molecule has 0 aromatic heterocycles. The third kappa shape index (κ3) is 34.1. The van der Waals surface area contributed by atoms with E-state index in [-0.39, 0.29) is 24.5 Å². The van der Waals surface area contributed by atoms with Crippen LogP contribution in [-0.4, -0.2) is 78.8 Å². The lowest BCUT2D eigenvalue weighted by Gasteiger charge is -2.15. The maximum absolute atomic E-state index is 14.0. The molecule has 131 heavy (non-hydrogen) atoms. The van der Waals surface area contributed by atoms with Crippen LogP contribution in [0.4, 0.5) is 33.2 Å². The van der Waals surface area contributed by atoms with Gasteiger partial charge >= 0.3 is 36.6 Å². The zero-order valence-electron chi connectivity index (χ0n) is 77.0. The van der Waals surface area contributed by atoms with E-state index in [2.05, 4.69) is 94.7 Å². The number of amides is 6. The monoisotopic (exact) mass is 1980 g/mol. The Kier molecular flexibility index (Phi) is 42.7. The van der Waals surface area contributed by atoms with Gasteiger partial charge in [0, 0.05) is 72.6 Å². The van der Waals surface area contributed by atoms with Gasteiger partial charge in [0.25, 0.3) is 0 Å². The maximum atomic E-state index is 14.0. The zero-order chi connectivity index (χ0) is 95.8. The van der Waals surface area contributed by atoms with Gasteiger partial charge in [0.1, 0.15) is 114 Å². The fourth-order valence-corrected chi connectivity index (χ4v) is 13.7. The van der Waals surface area contributed by atoms with Crippen molar-refractivity contribution in [3.8, 4) is 69.0 Å². The first-order valence-electron chi connectivity index (χ1n) is 41.5. The first-order chi connectivity index (χ1) is 62.6. The van der Waals surface area contributed by atoms with Crippen LogP contribution in [-0.2, 0) is 39.6 Å². The van der Waals surface area contributed by atoms with E-state index in [1.54, 1.807) is 42.5 Å². The summed E-state index contributed by atoms with van der Waals surface area (Å²) in [7, 11) is 9.04. The third-order valence-corrected chi connectivity index (χ3v) is 21.4. The molecule has 24 nitrogen and oxygen atoms in total. The van der Waals surface area contributed by atoms with Gasteiger partial charge < -0.3 is 88.7 Å². The van der Waals surface area contributed by atoms with E-state index in [0.717, 1.165) is 104 Å². The summed E-state index contributed by atoms with van der Waals surface area (Å²) in [6, 6.07) is 69.2. The first-order valence-corrected chi connectivity index (χ1v) is 43.7. The summed E-state index contributed by atoms with van der Waals surface area (Å²) < 4.78 is 82.0. The fourth-order valence-electron chi connectivity index (χ4n) is 12.4. The third-order valence-electron chi connectivity index (χ3n) is 19.3. The van der Waals surface area contributed by atoms with Gasteiger partial charge in [0.05, 0.1) is 16.1 Å². The lowest BCUT2D eigenvalue weighted by atomic mass is 10.1. The standard InChI is InChI=1S/C18H21NO3.C17H18BrNO3.C17H18ClNO3.C17H18FNO3.C17H18INO3.C17H19NO3/c1-12-8-9-16(14(3)10-12)21-11-15-13(2)6-5-7-17(15)22-18(20)19-4;4*1-11-7-8-15(12(2)9-11)21-10-13-14(18)5-4-6-16(13)22-17(20)19-3;1-12-8-9-15(13(2)10-12)20-11-14-6-4-5-7-16(14)21-17(19)18-3/h5-10H,11H2,1-4H3,(H,19,20);4*4-9H,10H2,1-3H3,(H,19,20);4-10H,11H2,1-3H3,(H,18,19). The Balaban J connectivity index is 0.000000215. The molecule has 28 heteroatoms. The van der Waals surface area contributed by atoms with Gasteiger partial charge in [-0.05, 0) is 249 Å². The number of rotatable bonds is 24. The average Bonchev–Trinajstić information content (AvgIpc) is 0.849. The molecule has 12 aromatic rings. The Morgan fingerprint density at radius 1 is 0.275 bits per heavy atom. The quantitative estimate of drug-likeness (QED) is 0.0307. The van der Waals surface area contributed by atoms with Crippen molar-refractivity contribution >= 4 is 86.7 Å². The van der Waals surface area contributed by atoms with Gasteiger partial charge in [-0.1, -0.05) is 188 Å². The summed E-state index contributed by atoms with van der Waals surface area (Å²) in [6.45, 7) is 27.7. The van der Waals surface area contributed by atoms with Crippen molar-refractivity contribution in [2.75, 3.05) is 42.3 Å². The second-order valence-electron chi connectivity index (χ2n) is 29.7. The van der Waals surface area contributed by atoms with Crippen LogP contribution in [0.2, 0.25) is 5.02 Å². The number of carbonyl (C=O) groups excluding carboxylic acids is 6. The van der Waals surface area contributed by atoms with Gasteiger partial charge in [0.2, 0.25) is 0 Å². The molecule has 12 aromatic carbocycles. The summed E-state index contributed by atoms with van der Waals surface area (Å²) in [4.78, 5) is 68.3. The molecule has 0 bridgehead atoms. The molecule has 0 saturated carbocycles. The van der Waals surface area contributed by atoms with E-state index in [1.807, 2.05) is 230 Å². The summed E-state index contributed by atoms with van der Waals surface area (Å²) in [5.74, 6) is 6.79. The highest BCUT2D eigenvalue weighted by molar-refractivity contribution is 14.1. The molecule has 0 atom stereocenters. The Bertz CT molecular complexity index is 5210. The molecule has 0 aliphatic carbocycles. The van der Waals surface area contributed by atoms with Gasteiger partial charge in [-0.2, -0.15) is 0 Å². The van der Waals surface area contributed by atoms with E-state index in [1.165, 1.54) is 88.3 Å². The van der Waals surface area contributed by atoms with Gasteiger partial charge in [-0.3, -0.25) is 0 Å². The molecule has 6 N–H and O–H groups in total. The zero-order valence-corrected chi connectivity index (χ0v) is 81.5. The Morgan fingerprint density at radius 2 is 0.534 bits per heavy atom. The van der Waals surface area contributed by atoms with Crippen LogP contribution in [0.3, 0.4) is 0 Å². The van der Waals surface area contributed by atoms with Crippen molar-refractivity contribution in [2.24, 2.45) is 0 Å². The second kappa shape index (κ2) is 53.5. The summed E-state index contributed by atoms with van der Waals surface area (Å²) in [5, 5.41) is 15.0. The van der Waals surface area contributed by atoms with Crippen molar-refractivity contribution in [3.05, 3.63) is 349 Å². The number of carbonyl (C=O) groups is 6. The molecule has 6 amide bonds. The lowest BCUT2D eigenvalue weighted by molar-refractivity contribution is 0.199. The maximum Gasteiger partial charge on any atom is 0.412 e. The number of aryl methyl sites for hydroxylation is 13. The topological polar surface area (TPSA) is 285 Å². The molecule has 0 spiro atoms. The van der Waals surface area contributed by atoms with E-state index >= 15 is 0 Å². The number of hydrogen-bond acceptors (Lipinski definition) is 18. The molecular formula is C103H112BrClFIN6O18. The van der Waals surface area contributed by atoms with Crippen molar-refractivity contribution in [2.45, 2.75) is 130 Å². The van der Waals surface area contributed by atoms with Crippen LogP contribution in [0, 0.1) is 99.4 Å². The predicted octanol–water partition coefficient (Wildman–Crippen LogP) is 24.1. The number of ether oxygens (including phenoxy) is 12. The van der Waals surface area contributed by atoms with Crippen LogP contribution in [0.1, 0.15) is 106 Å². The van der Waals surface area contributed by atoms with Gasteiger partial charge in [0.15, 0.2) is 0 Å². The molecule has 0 saturated heterocycles. The predicted molar refractivity (Wildman–Crippen MR) is 521 cm³/mol. The number of hydrogen-bond donors (Lipinski definition) is 6. The number of halogens is 4. The van der Waals surface area contributed by atoms with Crippen LogP contribution in [0.25, 0.3) is 0 Å². The Hall–Kier alpha value is -13.5. The molecular weight excluding hydrogens is 1870 g/mol. The van der Waals surface area contributed by atoms with Crippen LogP contribution >= 0.6 is 50.1 Å². The van der Waals surface area contributed by atoms with E-state index < -0.39 is 42.4 Å². The highest BCUT2D eigenvalue weighted by Gasteiger charge is 2.20. The lowest BCUT2D eigenvalue weighted by Crippen LogP contribution is -2.23. The number of nitrogens with one attached hydrogen (secondary N) is 6. The highest BCUT2D eigenvalue weighted by Crippen LogP contribution is 2.35. The largest absolute Gasteiger partial charge is 0.488 e. The molecule has 0 unspecified atom stereocenters. The van der Waals surface area contributed by atoms with Crippen LogP contribution < -0.4 is 88.7 Å². The summed E-state index contributed by atoms with van der Waals surface area (Å²) in [5.41, 5.74) is 18.6. The van der Waals surface area contributed by atoms with Gasteiger partial charge in [-0.25, -0.2) is 33.2 Å². The van der Waals surface area contributed by atoms with Crippen LogP contribution in [0.15, 0.2) is 229 Å². The van der Waals surface area contributed by atoms with Crippen molar-refractivity contribution < 1.29 is 90.0 Å². The normalized spacial score (nSPS) is 10.2. The van der Waals surface area contributed by atoms with E-state index in [4.69, 9.17) is 68.4 Å². The minimum absolute atomic E-state index is 0.0249. The SMILES string of the molecule is CNC(=O)Oc1cccc(Br)c1COc1ccc(C)cc1C.CNC(=O)Oc1cccc(C)c1COc1ccc(C)cc1C.CNC(=O)Oc1cccc(Cl)c1COc1ccc(C)cc1C.CNC(=O)Oc1cccc(F)c1COc1ccc(C)cc1C.CNC(=O)Oc1cccc(I)c1COc1ccc(C)cc1C.CNC(=O)Oc1ccccc1COc1ccc(C)cc1C. The Labute approximate surface area is 793 Å². The smallest absolute Gasteiger partial charge is 0.412 e. The fraction of sp³-hybridized carbons (Fsp3) is 0.243. The van der Waals surface area contributed by atoms with E-state index in [0.29, 0.717) is 71.5 Å². The number of para-hydroxylation sites is 1. The van der Waals surface area contributed by atoms with E-state index in [9.17, 15) is 33.2 Å². The minimum atomic E-state index is -0.654. The molecule has 0 aliphatic heterocycles. The molecule has 0 radical (unpaired) electrons.